The molecule has 0 aliphatic heterocycles. The van der Waals surface area contributed by atoms with Crippen LogP contribution in [0.1, 0.15) is 30.9 Å². The van der Waals surface area contributed by atoms with Gasteiger partial charge in [0.25, 0.3) is 5.91 Å². The maximum atomic E-state index is 12.9. The van der Waals surface area contributed by atoms with Crippen molar-refractivity contribution in [2.75, 3.05) is 25.0 Å². The quantitative estimate of drug-likeness (QED) is 0.442. The molecular formula is C26H28N2O5S. The monoisotopic (exact) mass is 480 g/mol. The van der Waals surface area contributed by atoms with E-state index in [0.717, 1.165) is 11.1 Å². The van der Waals surface area contributed by atoms with Gasteiger partial charge in [-0.15, -0.1) is 0 Å². The van der Waals surface area contributed by atoms with Gasteiger partial charge in [0.15, 0.2) is 6.61 Å². The van der Waals surface area contributed by atoms with Gasteiger partial charge in [0.2, 0.25) is 10.0 Å². The summed E-state index contributed by atoms with van der Waals surface area (Å²) in [5.41, 5.74) is 1.94. The number of hydrogen-bond acceptors (Lipinski definition) is 5. The predicted molar refractivity (Wildman–Crippen MR) is 131 cm³/mol. The van der Waals surface area contributed by atoms with Gasteiger partial charge in [-0.3, -0.25) is 9.59 Å². The first-order valence-corrected chi connectivity index (χ1v) is 12.5. The smallest absolute Gasteiger partial charge is 0.318 e. The molecule has 0 spiro atoms. The lowest BCUT2D eigenvalue weighted by atomic mass is 9.91. The van der Waals surface area contributed by atoms with E-state index >= 15 is 0 Å². The molecule has 0 aliphatic carbocycles. The minimum Gasteiger partial charge on any atom is -0.455 e. The predicted octanol–water partition coefficient (Wildman–Crippen LogP) is 4.03. The summed E-state index contributed by atoms with van der Waals surface area (Å²) in [5.74, 6) is -1.71. The van der Waals surface area contributed by atoms with E-state index in [1.165, 1.54) is 28.6 Å². The topological polar surface area (TPSA) is 92.8 Å². The third kappa shape index (κ3) is 6.09. The van der Waals surface area contributed by atoms with E-state index in [1.54, 1.807) is 13.8 Å². The van der Waals surface area contributed by atoms with Gasteiger partial charge < -0.3 is 10.1 Å². The number of carbonyl (C=O) groups excluding carboxylic acids is 2. The largest absolute Gasteiger partial charge is 0.455 e. The molecule has 0 saturated carbocycles. The highest BCUT2D eigenvalue weighted by atomic mass is 32.2. The summed E-state index contributed by atoms with van der Waals surface area (Å²) in [7, 11) is -3.58. The molecule has 0 heterocycles. The Morgan fingerprint density at radius 3 is 1.79 bits per heavy atom. The summed E-state index contributed by atoms with van der Waals surface area (Å²) in [4.78, 5) is 25.4. The molecule has 0 saturated heterocycles. The van der Waals surface area contributed by atoms with Crippen LogP contribution in [0.25, 0.3) is 0 Å². The lowest BCUT2D eigenvalue weighted by Crippen LogP contribution is -2.30. The van der Waals surface area contributed by atoms with Crippen molar-refractivity contribution >= 4 is 27.6 Å². The molecular weight excluding hydrogens is 452 g/mol. The Kier molecular flexibility index (Phi) is 8.56. The molecule has 34 heavy (non-hydrogen) atoms. The third-order valence-corrected chi connectivity index (χ3v) is 7.39. The number of ether oxygens (including phenoxy) is 1. The summed E-state index contributed by atoms with van der Waals surface area (Å²) >= 11 is 0. The van der Waals surface area contributed by atoms with Crippen LogP contribution in [0.15, 0.2) is 89.8 Å². The number of nitrogens with one attached hydrogen (secondary N) is 1. The number of sulfonamides is 1. The van der Waals surface area contributed by atoms with Gasteiger partial charge in [-0.1, -0.05) is 74.5 Å². The highest BCUT2D eigenvalue weighted by Crippen LogP contribution is 2.26. The molecule has 3 aromatic carbocycles. The number of hydrogen-bond donors (Lipinski definition) is 1. The van der Waals surface area contributed by atoms with E-state index < -0.39 is 34.4 Å². The number of rotatable bonds is 10. The van der Waals surface area contributed by atoms with Crippen LogP contribution in [0, 0.1) is 0 Å². The molecule has 0 atom stereocenters. The van der Waals surface area contributed by atoms with Crippen molar-refractivity contribution in [2.45, 2.75) is 24.7 Å². The summed E-state index contributed by atoms with van der Waals surface area (Å²) in [6, 6.07) is 24.4. The zero-order valence-corrected chi connectivity index (χ0v) is 20.0. The number of esters is 1. The fourth-order valence-corrected chi connectivity index (χ4v) is 5.05. The summed E-state index contributed by atoms with van der Waals surface area (Å²) in [5, 5.41) is 2.63. The normalized spacial score (nSPS) is 11.4. The van der Waals surface area contributed by atoms with E-state index in [1.807, 2.05) is 60.7 Å². The number of amides is 1. The fourth-order valence-electron chi connectivity index (χ4n) is 3.60. The van der Waals surface area contributed by atoms with Crippen LogP contribution in [0.4, 0.5) is 5.69 Å². The van der Waals surface area contributed by atoms with Gasteiger partial charge >= 0.3 is 5.97 Å². The van der Waals surface area contributed by atoms with Crippen molar-refractivity contribution in [1.82, 2.24) is 4.31 Å². The van der Waals surface area contributed by atoms with Gasteiger partial charge in [-0.05, 0) is 35.4 Å². The molecule has 0 aliphatic rings. The summed E-state index contributed by atoms with van der Waals surface area (Å²) in [6.07, 6.45) is 0. The van der Waals surface area contributed by atoms with Gasteiger partial charge in [-0.25, -0.2) is 8.42 Å². The van der Waals surface area contributed by atoms with Gasteiger partial charge in [0.05, 0.1) is 4.90 Å². The van der Waals surface area contributed by atoms with Crippen molar-refractivity contribution in [3.8, 4) is 0 Å². The Hall–Kier alpha value is -3.49. The van der Waals surface area contributed by atoms with E-state index in [4.69, 9.17) is 4.74 Å². The van der Waals surface area contributed by atoms with Crippen molar-refractivity contribution in [2.24, 2.45) is 0 Å². The Morgan fingerprint density at radius 2 is 1.32 bits per heavy atom. The minimum absolute atomic E-state index is 0.147. The second-order valence-corrected chi connectivity index (χ2v) is 9.46. The van der Waals surface area contributed by atoms with E-state index in [0.29, 0.717) is 18.8 Å². The number of nitrogens with zero attached hydrogens (tertiary/aromatic N) is 1. The maximum absolute atomic E-state index is 12.9. The van der Waals surface area contributed by atoms with Crippen molar-refractivity contribution in [1.29, 1.82) is 0 Å². The zero-order valence-electron chi connectivity index (χ0n) is 19.2. The molecule has 3 aromatic rings. The second-order valence-electron chi connectivity index (χ2n) is 7.52. The Balaban J connectivity index is 1.64. The van der Waals surface area contributed by atoms with Gasteiger partial charge in [-0.2, -0.15) is 4.31 Å². The SMILES string of the molecule is CCN(CC)S(=O)(=O)c1ccc(NC(=O)COC(=O)C(c2ccccc2)c2ccccc2)cc1. The molecule has 1 amide bonds. The average molecular weight is 481 g/mol. The van der Waals surface area contributed by atoms with E-state index in [2.05, 4.69) is 5.32 Å². The molecule has 0 fully saturated rings. The number of anilines is 1. The molecule has 0 unspecified atom stereocenters. The highest BCUT2D eigenvalue weighted by Gasteiger charge is 2.25. The minimum atomic E-state index is -3.58. The first-order valence-electron chi connectivity index (χ1n) is 11.0. The fraction of sp³-hybridized carbons (Fsp3) is 0.231. The van der Waals surface area contributed by atoms with Gasteiger partial charge in [0.1, 0.15) is 5.92 Å². The van der Waals surface area contributed by atoms with Crippen LogP contribution in [0.2, 0.25) is 0 Å². The summed E-state index contributed by atoms with van der Waals surface area (Å²) in [6.45, 7) is 3.83. The standard InChI is InChI=1S/C26H28N2O5S/c1-3-28(4-2)34(31,32)23-17-15-22(16-18-23)27-24(29)19-33-26(30)25(20-11-7-5-8-12-20)21-13-9-6-10-14-21/h5-18,25H,3-4,19H2,1-2H3,(H,27,29). The Bertz CT molecular complexity index is 1150. The molecule has 3 rings (SSSR count). The molecule has 8 heteroatoms. The first-order chi connectivity index (χ1) is 16.4. The van der Waals surface area contributed by atoms with Crippen molar-refractivity contribution in [3.63, 3.8) is 0 Å². The molecule has 1 N–H and O–H groups in total. The molecule has 0 aromatic heterocycles. The first kappa shape index (κ1) is 25.1. The Morgan fingerprint density at radius 1 is 0.824 bits per heavy atom. The zero-order chi connectivity index (χ0) is 24.6. The number of carbonyl (C=O) groups is 2. The molecule has 7 nitrogen and oxygen atoms in total. The van der Waals surface area contributed by atoms with Crippen molar-refractivity contribution in [3.05, 3.63) is 96.1 Å². The molecule has 0 radical (unpaired) electrons. The molecule has 178 valence electrons. The Labute approximate surface area is 200 Å². The summed E-state index contributed by atoms with van der Waals surface area (Å²) < 4.78 is 31.9. The van der Waals surface area contributed by atoms with Gasteiger partial charge in [0, 0.05) is 18.8 Å². The highest BCUT2D eigenvalue weighted by molar-refractivity contribution is 7.89. The average Bonchev–Trinajstić information content (AvgIpc) is 2.85. The van der Waals surface area contributed by atoms with Crippen LogP contribution in [-0.2, 0) is 24.3 Å². The number of benzene rings is 3. The maximum Gasteiger partial charge on any atom is 0.318 e. The van der Waals surface area contributed by atoms with Crippen LogP contribution >= 0.6 is 0 Å². The molecule has 0 bridgehead atoms. The van der Waals surface area contributed by atoms with Crippen LogP contribution in [0.5, 0.6) is 0 Å². The third-order valence-electron chi connectivity index (χ3n) is 5.33. The van der Waals surface area contributed by atoms with Crippen molar-refractivity contribution < 1.29 is 22.7 Å². The second kappa shape index (κ2) is 11.6. The lowest BCUT2D eigenvalue weighted by molar-refractivity contribution is -0.147. The van der Waals surface area contributed by atoms with E-state index in [9.17, 15) is 18.0 Å². The lowest BCUT2D eigenvalue weighted by Gasteiger charge is -2.18. The van der Waals surface area contributed by atoms with Crippen LogP contribution in [0.3, 0.4) is 0 Å². The van der Waals surface area contributed by atoms with Crippen LogP contribution in [-0.4, -0.2) is 44.3 Å². The van der Waals surface area contributed by atoms with E-state index in [-0.39, 0.29) is 4.90 Å². The van der Waals surface area contributed by atoms with Crippen LogP contribution < -0.4 is 5.32 Å².